The van der Waals surface area contributed by atoms with E-state index in [1.54, 1.807) is 0 Å². The lowest BCUT2D eigenvalue weighted by Crippen LogP contribution is -2.28. The second-order valence-corrected chi connectivity index (χ2v) is 6.78. The van der Waals surface area contributed by atoms with Gasteiger partial charge in [-0.05, 0) is 31.9 Å². The molecule has 1 aromatic heterocycles. The van der Waals surface area contributed by atoms with Gasteiger partial charge in [0, 0.05) is 30.0 Å². The molecular formula is C22H28N2O4. The predicted molar refractivity (Wildman–Crippen MR) is 107 cm³/mol. The zero-order valence-corrected chi connectivity index (χ0v) is 16.8. The Balaban J connectivity index is 1.73. The molecule has 28 heavy (non-hydrogen) atoms. The highest BCUT2D eigenvalue weighted by atomic mass is 16.5. The topological polar surface area (TPSA) is 77.4 Å². The molecule has 6 nitrogen and oxygen atoms in total. The van der Waals surface area contributed by atoms with Crippen LogP contribution in [0.4, 0.5) is 0 Å². The second-order valence-electron chi connectivity index (χ2n) is 6.78. The van der Waals surface area contributed by atoms with E-state index in [1.807, 2.05) is 50.2 Å². The average molecular weight is 384 g/mol. The number of carbonyl (C=O) groups excluding carboxylic acids is 3. The summed E-state index contributed by atoms with van der Waals surface area (Å²) in [4.78, 5) is 36.1. The summed E-state index contributed by atoms with van der Waals surface area (Å²) in [5.41, 5.74) is 3.42. The van der Waals surface area contributed by atoms with Gasteiger partial charge in [0.2, 0.25) is 11.7 Å². The molecule has 0 fully saturated rings. The predicted octanol–water partition coefficient (Wildman–Crippen LogP) is 2.99. The van der Waals surface area contributed by atoms with E-state index in [0.29, 0.717) is 5.56 Å². The van der Waals surface area contributed by atoms with Crippen molar-refractivity contribution < 1.29 is 19.1 Å². The molecule has 0 spiro atoms. The van der Waals surface area contributed by atoms with Crippen molar-refractivity contribution in [3.63, 3.8) is 0 Å². The largest absolute Gasteiger partial charge is 0.457 e. The van der Waals surface area contributed by atoms with E-state index in [0.717, 1.165) is 29.9 Å². The van der Waals surface area contributed by atoms with Gasteiger partial charge in [0.25, 0.3) is 0 Å². The third-order valence-electron chi connectivity index (χ3n) is 4.54. The number of rotatable bonds is 10. The second kappa shape index (κ2) is 10.4. The number of esters is 1. The Morgan fingerprint density at radius 2 is 1.82 bits per heavy atom. The van der Waals surface area contributed by atoms with Crippen LogP contribution >= 0.6 is 0 Å². The normalized spacial score (nSPS) is 10.5. The minimum absolute atomic E-state index is 0.0304. The summed E-state index contributed by atoms with van der Waals surface area (Å²) in [7, 11) is 0. The van der Waals surface area contributed by atoms with Gasteiger partial charge in [-0.15, -0.1) is 0 Å². The summed E-state index contributed by atoms with van der Waals surface area (Å²) >= 11 is 0. The zero-order valence-electron chi connectivity index (χ0n) is 16.8. The Labute approximate surface area is 165 Å². The first kappa shape index (κ1) is 21.4. The van der Waals surface area contributed by atoms with Crippen molar-refractivity contribution in [3.8, 4) is 0 Å². The van der Waals surface area contributed by atoms with E-state index in [-0.39, 0.29) is 37.7 Å². The fourth-order valence-corrected chi connectivity index (χ4v) is 3.09. The Hall–Kier alpha value is -2.89. The number of ether oxygens (including phenoxy) is 1. The molecule has 1 N–H and O–H groups in total. The Kier molecular flexibility index (Phi) is 7.99. The zero-order chi connectivity index (χ0) is 20.5. The number of nitrogens with one attached hydrogen (secondary N) is 1. The first-order chi connectivity index (χ1) is 13.4. The number of amides is 1. The molecule has 0 aliphatic carbocycles. The molecule has 0 bridgehead atoms. The molecule has 0 unspecified atom stereocenters. The lowest BCUT2D eigenvalue weighted by molar-refractivity contribution is -0.142. The summed E-state index contributed by atoms with van der Waals surface area (Å²) in [5.74, 6) is -0.869. The van der Waals surface area contributed by atoms with Crippen LogP contribution in [0.1, 0.15) is 47.1 Å². The molecule has 1 amide bonds. The van der Waals surface area contributed by atoms with E-state index < -0.39 is 5.97 Å². The third-order valence-corrected chi connectivity index (χ3v) is 4.54. The summed E-state index contributed by atoms with van der Waals surface area (Å²) in [5, 5.41) is 2.69. The third kappa shape index (κ3) is 6.08. The van der Waals surface area contributed by atoms with Gasteiger partial charge in [0.05, 0.1) is 12.8 Å². The molecule has 6 heteroatoms. The monoisotopic (exact) mass is 384 g/mol. The molecule has 1 aromatic carbocycles. The molecule has 0 aliphatic heterocycles. The van der Waals surface area contributed by atoms with Crippen LogP contribution in [0.25, 0.3) is 0 Å². The van der Waals surface area contributed by atoms with Crippen molar-refractivity contribution in [1.29, 1.82) is 0 Å². The van der Waals surface area contributed by atoms with Crippen LogP contribution in [0.15, 0.2) is 36.4 Å². The van der Waals surface area contributed by atoms with Gasteiger partial charge in [-0.1, -0.05) is 37.3 Å². The smallest absolute Gasteiger partial charge is 0.308 e. The molecular weight excluding hydrogens is 356 g/mol. The van der Waals surface area contributed by atoms with Crippen LogP contribution in [-0.2, 0) is 27.3 Å². The lowest BCUT2D eigenvalue weighted by atomic mass is 10.1. The van der Waals surface area contributed by atoms with Crippen LogP contribution in [0.3, 0.4) is 0 Å². The molecule has 0 atom stereocenters. The lowest BCUT2D eigenvalue weighted by Gasteiger charge is -2.08. The highest BCUT2D eigenvalue weighted by Crippen LogP contribution is 2.16. The minimum Gasteiger partial charge on any atom is -0.457 e. The highest BCUT2D eigenvalue weighted by Gasteiger charge is 2.17. The minimum atomic E-state index is -0.504. The summed E-state index contributed by atoms with van der Waals surface area (Å²) in [6, 6.07) is 11.2. The number of ketones is 1. The van der Waals surface area contributed by atoms with Crippen LogP contribution < -0.4 is 5.32 Å². The number of benzene rings is 1. The van der Waals surface area contributed by atoms with Crippen molar-refractivity contribution in [1.82, 2.24) is 9.88 Å². The highest BCUT2D eigenvalue weighted by molar-refractivity contribution is 5.99. The number of aromatic nitrogens is 1. The number of aryl methyl sites for hydroxylation is 1. The Morgan fingerprint density at radius 3 is 2.50 bits per heavy atom. The van der Waals surface area contributed by atoms with Gasteiger partial charge in [-0.3, -0.25) is 14.4 Å². The molecule has 1 heterocycles. The van der Waals surface area contributed by atoms with Gasteiger partial charge in [0.15, 0.2) is 6.61 Å². The van der Waals surface area contributed by atoms with Crippen molar-refractivity contribution in [3.05, 3.63) is 58.9 Å². The molecule has 2 rings (SSSR count). The molecule has 150 valence electrons. The maximum Gasteiger partial charge on any atom is 0.308 e. The van der Waals surface area contributed by atoms with E-state index in [1.165, 1.54) is 0 Å². The van der Waals surface area contributed by atoms with Crippen molar-refractivity contribution >= 4 is 17.7 Å². The Morgan fingerprint density at radius 1 is 1.11 bits per heavy atom. The number of hydrogen-bond donors (Lipinski definition) is 1. The van der Waals surface area contributed by atoms with Crippen LogP contribution in [0.2, 0.25) is 0 Å². The summed E-state index contributed by atoms with van der Waals surface area (Å²) in [6.07, 6.45) is 1.28. The SMILES string of the molecule is CCCn1c(C)cc(C(=O)COC(=O)CCNC(=O)Cc2ccccc2)c1C. The van der Waals surface area contributed by atoms with Crippen molar-refractivity contribution in [2.24, 2.45) is 0 Å². The molecule has 0 aliphatic rings. The van der Waals surface area contributed by atoms with Gasteiger partial charge in [-0.2, -0.15) is 0 Å². The molecule has 0 saturated carbocycles. The summed E-state index contributed by atoms with van der Waals surface area (Å²) < 4.78 is 7.17. The average Bonchev–Trinajstić information content (AvgIpc) is 2.95. The van der Waals surface area contributed by atoms with Crippen LogP contribution in [0.5, 0.6) is 0 Å². The van der Waals surface area contributed by atoms with E-state index in [4.69, 9.17) is 4.74 Å². The Bertz CT molecular complexity index is 825. The first-order valence-corrected chi connectivity index (χ1v) is 9.58. The molecule has 0 radical (unpaired) electrons. The number of carbonyl (C=O) groups is 3. The van der Waals surface area contributed by atoms with Crippen molar-refractivity contribution in [2.45, 2.75) is 46.6 Å². The van der Waals surface area contributed by atoms with Crippen LogP contribution in [0, 0.1) is 13.8 Å². The van der Waals surface area contributed by atoms with Gasteiger partial charge < -0.3 is 14.6 Å². The number of Topliss-reactive ketones (excluding diaryl/α,β-unsaturated/α-hetero) is 1. The fourth-order valence-electron chi connectivity index (χ4n) is 3.09. The molecule has 2 aromatic rings. The van der Waals surface area contributed by atoms with Crippen LogP contribution in [-0.4, -0.2) is 35.4 Å². The fraction of sp³-hybridized carbons (Fsp3) is 0.409. The quantitative estimate of drug-likeness (QED) is 0.505. The maximum atomic E-state index is 12.4. The molecule has 0 saturated heterocycles. The number of nitrogens with zero attached hydrogens (tertiary/aromatic N) is 1. The van der Waals surface area contributed by atoms with Gasteiger partial charge >= 0.3 is 5.97 Å². The van der Waals surface area contributed by atoms with Gasteiger partial charge in [-0.25, -0.2) is 0 Å². The first-order valence-electron chi connectivity index (χ1n) is 9.58. The van der Waals surface area contributed by atoms with E-state index in [2.05, 4.69) is 16.8 Å². The number of hydrogen-bond acceptors (Lipinski definition) is 4. The maximum absolute atomic E-state index is 12.4. The van der Waals surface area contributed by atoms with E-state index >= 15 is 0 Å². The standard InChI is InChI=1S/C22H28N2O4/c1-4-12-24-16(2)13-19(17(24)3)20(25)15-28-22(27)10-11-23-21(26)14-18-8-6-5-7-9-18/h5-9,13H,4,10-12,14-15H2,1-3H3,(H,23,26). The summed E-state index contributed by atoms with van der Waals surface area (Å²) in [6.45, 7) is 6.70. The van der Waals surface area contributed by atoms with Gasteiger partial charge in [0.1, 0.15) is 0 Å². The van der Waals surface area contributed by atoms with Crippen molar-refractivity contribution in [2.75, 3.05) is 13.2 Å². The van der Waals surface area contributed by atoms with E-state index in [9.17, 15) is 14.4 Å².